The lowest BCUT2D eigenvalue weighted by Gasteiger charge is -2.17. The van der Waals surface area contributed by atoms with Gasteiger partial charge in [0.25, 0.3) is 0 Å². The molecule has 0 fully saturated rings. The number of benzene rings is 3. The minimum absolute atomic E-state index is 0.0575. The molecule has 1 amide bonds. The van der Waals surface area contributed by atoms with Gasteiger partial charge in [0, 0.05) is 11.7 Å². The summed E-state index contributed by atoms with van der Waals surface area (Å²) in [6.07, 6.45) is -0.371. The molecule has 1 atom stereocenters. The lowest BCUT2D eigenvalue weighted by atomic mass is 9.98. The molecule has 0 spiro atoms. The molecular weight excluding hydrogens is 422 g/mol. The minimum atomic E-state index is -1.06. The van der Waals surface area contributed by atoms with E-state index in [1.807, 2.05) is 66.7 Å². The zero-order chi connectivity index (χ0) is 22.3. The number of aliphatic carboxylic acids is 1. The molecule has 1 aliphatic rings. The van der Waals surface area contributed by atoms with Crippen molar-refractivity contribution in [2.24, 2.45) is 0 Å². The molecule has 32 heavy (non-hydrogen) atoms. The molecular formula is C26H25NO4S. The fourth-order valence-corrected chi connectivity index (χ4v) is 4.98. The number of rotatable bonds is 9. The molecule has 0 unspecified atom stereocenters. The summed E-state index contributed by atoms with van der Waals surface area (Å²) in [6.45, 7) is 0.162. The fraction of sp³-hybridized carbons (Fsp3) is 0.231. The summed E-state index contributed by atoms with van der Waals surface area (Å²) in [6, 6.07) is 25.2. The van der Waals surface area contributed by atoms with Gasteiger partial charge in [-0.1, -0.05) is 78.9 Å². The Bertz CT molecular complexity index is 1040. The third kappa shape index (κ3) is 5.14. The van der Waals surface area contributed by atoms with Gasteiger partial charge in [-0.3, -0.25) is 0 Å². The predicted molar refractivity (Wildman–Crippen MR) is 127 cm³/mol. The molecule has 6 heteroatoms. The highest BCUT2D eigenvalue weighted by Crippen LogP contribution is 2.44. The van der Waals surface area contributed by atoms with Gasteiger partial charge in [0.15, 0.2) is 0 Å². The molecule has 0 radical (unpaired) electrons. The molecule has 0 bridgehead atoms. The molecule has 0 aliphatic heterocycles. The predicted octanol–water partition coefficient (Wildman–Crippen LogP) is 5.30. The molecule has 4 rings (SSSR count). The first-order chi connectivity index (χ1) is 15.6. The van der Waals surface area contributed by atoms with Crippen LogP contribution in [0.25, 0.3) is 11.1 Å². The first-order valence-electron chi connectivity index (χ1n) is 10.6. The van der Waals surface area contributed by atoms with Crippen LogP contribution < -0.4 is 5.32 Å². The maximum atomic E-state index is 12.4. The molecule has 5 nitrogen and oxygen atoms in total. The maximum Gasteiger partial charge on any atom is 0.407 e. The Morgan fingerprint density at radius 3 is 2.12 bits per heavy atom. The highest BCUT2D eigenvalue weighted by atomic mass is 32.2. The standard InChI is InChI=1S/C26H25NO4S/c28-25(29)24(14-15-32-17-18-8-2-1-3-9-18)27-26(30)31-16-23-21-12-6-4-10-19(21)20-11-5-7-13-22(20)23/h1-13,23-24H,14-17H2,(H,27,30)(H,28,29)/t24-/m1/s1. The highest BCUT2D eigenvalue weighted by molar-refractivity contribution is 7.98. The van der Waals surface area contributed by atoms with Crippen molar-refractivity contribution < 1.29 is 19.4 Å². The molecule has 0 saturated heterocycles. The smallest absolute Gasteiger partial charge is 0.407 e. The number of hydrogen-bond donors (Lipinski definition) is 2. The van der Waals surface area contributed by atoms with Gasteiger partial charge in [0.2, 0.25) is 0 Å². The Labute approximate surface area is 191 Å². The van der Waals surface area contributed by atoms with E-state index in [-0.39, 0.29) is 12.5 Å². The van der Waals surface area contributed by atoms with Crippen molar-refractivity contribution >= 4 is 23.8 Å². The number of carboxylic acid groups (broad SMARTS) is 1. The lowest BCUT2D eigenvalue weighted by Crippen LogP contribution is -2.41. The molecule has 0 aromatic heterocycles. The van der Waals surface area contributed by atoms with Crippen molar-refractivity contribution in [2.75, 3.05) is 12.4 Å². The van der Waals surface area contributed by atoms with E-state index in [0.29, 0.717) is 12.2 Å². The third-order valence-corrected chi connectivity index (χ3v) is 6.66. The van der Waals surface area contributed by atoms with Gasteiger partial charge in [-0.05, 0) is 40.0 Å². The molecule has 164 valence electrons. The summed E-state index contributed by atoms with van der Waals surface area (Å²) in [5.74, 6) is 0.310. The quantitative estimate of drug-likeness (QED) is 0.435. The second kappa shape index (κ2) is 10.4. The van der Waals surface area contributed by atoms with E-state index in [2.05, 4.69) is 17.4 Å². The van der Waals surface area contributed by atoms with Gasteiger partial charge in [-0.2, -0.15) is 11.8 Å². The topological polar surface area (TPSA) is 75.6 Å². The SMILES string of the molecule is O=C(N[C@H](CCSCc1ccccc1)C(=O)O)OCC1c2ccccc2-c2ccccc21. The number of amides is 1. The van der Waals surface area contributed by atoms with Gasteiger partial charge >= 0.3 is 12.1 Å². The van der Waals surface area contributed by atoms with E-state index < -0.39 is 18.1 Å². The van der Waals surface area contributed by atoms with Crippen LogP contribution in [0, 0.1) is 0 Å². The number of hydrogen-bond acceptors (Lipinski definition) is 4. The third-order valence-electron chi connectivity index (χ3n) is 5.60. The summed E-state index contributed by atoms with van der Waals surface area (Å²) in [5.41, 5.74) is 5.72. The van der Waals surface area contributed by atoms with Crippen LogP contribution in [0.3, 0.4) is 0 Å². The Morgan fingerprint density at radius 1 is 0.906 bits per heavy atom. The van der Waals surface area contributed by atoms with Crippen molar-refractivity contribution in [3.05, 3.63) is 95.6 Å². The summed E-state index contributed by atoms with van der Waals surface area (Å²) >= 11 is 1.64. The van der Waals surface area contributed by atoms with Crippen LogP contribution >= 0.6 is 11.8 Å². The number of ether oxygens (including phenoxy) is 1. The zero-order valence-corrected chi connectivity index (χ0v) is 18.4. The summed E-state index contributed by atoms with van der Waals surface area (Å²) in [7, 11) is 0. The van der Waals surface area contributed by atoms with E-state index in [9.17, 15) is 14.7 Å². The van der Waals surface area contributed by atoms with Crippen molar-refractivity contribution in [1.29, 1.82) is 0 Å². The van der Waals surface area contributed by atoms with Crippen molar-refractivity contribution in [1.82, 2.24) is 5.32 Å². The summed E-state index contributed by atoms with van der Waals surface area (Å²) in [4.78, 5) is 24.0. The first-order valence-corrected chi connectivity index (χ1v) is 11.7. The zero-order valence-electron chi connectivity index (χ0n) is 17.6. The number of carbonyl (C=O) groups excluding carboxylic acids is 1. The van der Waals surface area contributed by atoms with Crippen LogP contribution in [0.2, 0.25) is 0 Å². The monoisotopic (exact) mass is 447 g/mol. The van der Waals surface area contributed by atoms with Gasteiger partial charge in [0.1, 0.15) is 12.6 Å². The molecule has 3 aromatic carbocycles. The highest BCUT2D eigenvalue weighted by Gasteiger charge is 2.29. The molecule has 0 heterocycles. The van der Waals surface area contributed by atoms with Crippen molar-refractivity contribution in [2.45, 2.75) is 24.1 Å². The van der Waals surface area contributed by atoms with Gasteiger partial charge < -0.3 is 15.2 Å². The van der Waals surface area contributed by atoms with E-state index in [1.165, 1.54) is 5.56 Å². The van der Waals surface area contributed by atoms with Gasteiger partial charge in [-0.15, -0.1) is 0 Å². The number of fused-ring (bicyclic) bond motifs is 3. The van der Waals surface area contributed by atoms with Crippen molar-refractivity contribution in [3.63, 3.8) is 0 Å². The Balaban J connectivity index is 1.30. The van der Waals surface area contributed by atoms with E-state index in [0.717, 1.165) is 28.0 Å². The van der Waals surface area contributed by atoms with Crippen LogP contribution in [0.5, 0.6) is 0 Å². The largest absolute Gasteiger partial charge is 0.480 e. The van der Waals surface area contributed by atoms with Crippen molar-refractivity contribution in [3.8, 4) is 11.1 Å². The van der Waals surface area contributed by atoms with Gasteiger partial charge in [-0.25, -0.2) is 9.59 Å². The number of alkyl carbamates (subject to hydrolysis) is 1. The second-order valence-corrected chi connectivity index (χ2v) is 8.79. The Hall–Kier alpha value is -3.25. The first kappa shape index (κ1) is 22.0. The fourth-order valence-electron chi connectivity index (χ4n) is 4.01. The molecule has 0 saturated carbocycles. The van der Waals surface area contributed by atoms with Crippen LogP contribution in [0.4, 0.5) is 4.79 Å². The lowest BCUT2D eigenvalue weighted by molar-refractivity contribution is -0.139. The van der Waals surface area contributed by atoms with Crippen LogP contribution in [-0.4, -0.2) is 35.6 Å². The van der Waals surface area contributed by atoms with E-state index in [1.54, 1.807) is 11.8 Å². The Morgan fingerprint density at radius 2 is 1.50 bits per heavy atom. The maximum absolute atomic E-state index is 12.4. The number of nitrogens with one attached hydrogen (secondary N) is 1. The van der Waals surface area contributed by atoms with Crippen LogP contribution in [-0.2, 0) is 15.3 Å². The average molecular weight is 448 g/mol. The number of carboxylic acids is 1. The van der Waals surface area contributed by atoms with E-state index >= 15 is 0 Å². The average Bonchev–Trinajstić information content (AvgIpc) is 3.14. The minimum Gasteiger partial charge on any atom is -0.480 e. The summed E-state index contributed by atoms with van der Waals surface area (Å²) in [5, 5.41) is 12.0. The second-order valence-electron chi connectivity index (χ2n) is 7.69. The molecule has 3 aromatic rings. The number of carbonyl (C=O) groups is 2. The number of thioether (sulfide) groups is 1. The van der Waals surface area contributed by atoms with Gasteiger partial charge in [0.05, 0.1) is 0 Å². The van der Waals surface area contributed by atoms with E-state index in [4.69, 9.17) is 4.74 Å². The van der Waals surface area contributed by atoms with Crippen LogP contribution in [0.15, 0.2) is 78.9 Å². The molecule has 1 aliphatic carbocycles. The van der Waals surface area contributed by atoms with Crippen LogP contribution in [0.1, 0.15) is 29.0 Å². The normalized spacial score (nSPS) is 13.1. The summed E-state index contributed by atoms with van der Waals surface area (Å²) < 4.78 is 5.48. The Kier molecular flexibility index (Phi) is 7.12. The molecule has 2 N–H and O–H groups in total.